The number of amides is 1. The molecule has 3 rings (SSSR count). The highest BCUT2D eigenvalue weighted by Gasteiger charge is 2.37. The molecule has 26 heavy (non-hydrogen) atoms. The van der Waals surface area contributed by atoms with Crippen molar-refractivity contribution in [3.05, 3.63) is 36.3 Å². The van der Waals surface area contributed by atoms with Gasteiger partial charge in [0, 0.05) is 24.8 Å². The minimum absolute atomic E-state index is 0.249. The molecule has 1 unspecified atom stereocenters. The first-order valence-electron chi connectivity index (χ1n) is 7.74. The third-order valence-electron chi connectivity index (χ3n) is 4.00. The number of benzene rings is 1. The lowest BCUT2D eigenvalue weighted by Crippen LogP contribution is -2.50. The van der Waals surface area contributed by atoms with E-state index in [2.05, 4.69) is 20.0 Å². The Morgan fingerprint density at radius 2 is 2.12 bits per heavy atom. The summed E-state index contributed by atoms with van der Waals surface area (Å²) in [7, 11) is 0. The maximum Gasteiger partial charge on any atom is 0.573 e. The smallest absolute Gasteiger partial charge is 0.465 e. The molecule has 0 aliphatic carbocycles. The number of imidazole rings is 1. The number of carboxylic acid groups (broad SMARTS) is 1. The van der Waals surface area contributed by atoms with Gasteiger partial charge in [-0.1, -0.05) is 0 Å². The topological polar surface area (TPSA) is 96.5 Å². The van der Waals surface area contributed by atoms with Gasteiger partial charge >= 0.3 is 12.5 Å². The van der Waals surface area contributed by atoms with Crippen LogP contribution in [0.15, 0.2) is 30.5 Å². The van der Waals surface area contributed by atoms with Gasteiger partial charge in [-0.2, -0.15) is 0 Å². The van der Waals surface area contributed by atoms with E-state index in [0.29, 0.717) is 36.5 Å². The summed E-state index contributed by atoms with van der Waals surface area (Å²) in [6.07, 6.45) is -3.43. The summed E-state index contributed by atoms with van der Waals surface area (Å²) < 4.78 is 45.7. The van der Waals surface area contributed by atoms with Gasteiger partial charge in [-0.05, 0) is 30.7 Å². The molecule has 0 radical (unpaired) electrons. The van der Waals surface area contributed by atoms with Gasteiger partial charge < -0.3 is 24.9 Å². The van der Waals surface area contributed by atoms with Crippen molar-refractivity contribution in [2.24, 2.45) is 0 Å². The third kappa shape index (κ3) is 4.45. The Balaban J connectivity index is 1.72. The summed E-state index contributed by atoms with van der Waals surface area (Å²) in [5, 5.41) is 11.5. The minimum Gasteiger partial charge on any atom is -0.465 e. The zero-order valence-corrected chi connectivity index (χ0v) is 13.5. The van der Waals surface area contributed by atoms with Gasteiger partial charge in [0.25, 0.3) is 0 Å². The Hall–Kier alpha value is -2.75. The van der Waals surface area contributed by atoms with E-state index in [1.807, 2.05) is 0 Å². The number of hydrogen-bond donors (Lipinski definition) is 3. The van der Waals surface area contributed by atoms with E-state index in [1.54, 1.807) is 6.20 Å². The number of aromatic amines is 1. The molecule has 1 amide bonds. The van der Waals surface area contributed by atoms with E-state index in [1.165, 1.54) is 24.3 Å². The second-order valence-corrected chi connectivity index (χ2v) is 5.99. The van der Waals surface area contributed by atoms with Crippen LogP contribution < -0.4 is 10.1 Å². The summed E-state index contributed by atoms with van der Waals surface area (Å²) in [6, 6.07) is 5.33. The second-order valence-electron chi connectivity index (χ2n) is 5.99. The fourth-order valence-electron chi connectivity index (χ4n) is 2.86. The lowest BCUT2D eigenvalue weighted by atomic mass is 9.94. The fraction of sp³-hybridized carbons (Fsp3) is 0.375. The van der Waals surface area contributed by atoms with Crippen molar-refractivity contribution in [2.45, 2.75) is 24.7 Å². The molecule has 2 aromatic rings. The Morgan fingerprint density at radius 1 is 1.38 bits per heavy atom. The molecule has 1 fully saturated rings. The number of nitrogens with one attached hydrogen (secondary N) is 2. The monoisotopic (exact) mass is 371 g/mol. The van der Waals surface area contributed by atoms with Crippen LogP contribution in [0, 0.1) is 0 Å². The van der Waals surface area contributed by atoms with E-state index in [0.717, 1.165) is 0 Å². The van der Waals surface area contributed by atoms with Crippen LogP contribution >= 0.6 is 0 Å². The van der Waals surface area contributed by atoms with E-state index in [-0.39, 0.29) is 12.4 Å². The first-order chi connectivity index (χ1) is 12.2. The van der Waals surface area contributed by atoms with Crippen molar-refractivity contribution in [2.75, 3.05) is 13.2 Å². The van der Waals surface area contributed by atoms with Crippen LogP contribution in [0.2, 0.25) is 0 Å². The SMILES string of the molecule is O=C(O)NC1(Cc2nc(-c3ccc(OC(F)(F)F)cc3)c[nH]2)CCOC1. The predicted octanol–water partition coefficient (Wildman–Crippen LogP) is 2.94. The Morgan fingerprint density at radius 3 is 2.69 bits per heavy atom. The summed E-state index contributed by atoms with van der Waals surface area (Å²) >= 11 is 0. The van der Waals surface area contributed by atoms with Crippen LogP contribution in [0.4, 0.5) is 18.0 Å². The van der Waals surface area contributed by atoms with Crippen LogP contribution in [0.1, 0.15) is 12.2 Å². The number of halogens is 3. The van der Waals surface area contributed by atoms with Gasteiger partial charge in [-0.25, -0.2) is 9.78 Å². The molecule has 2 heterocycles. The number of rotatable bonds is 5. The fourth-order valence-corrected chi connectivity index (χ4v) is 2.86. The lowest BCUT2D eigenvalue weighted by molar-refractivity contribution is -0.274. The minimum atomic E-state index is -4.74. The maximum atomic E-state index is 12.2. The number of alkyl halides is 3. The van der Waals surface area contributed by atoms with Crippen LogP contribution in [0.3, 0.4) is 0 Å². The molecule has 0 bridgehead atoms. The third-order valence-corrected chi connectivity index (χ3v) is 4.00. The van der Waals surface area contributed by atoms with Crippen LogP contribution in [0.25, 0.3) is 11.3 Å². The lowest BCUT2D eigenvalue weighted by Gasteiger charge is -2.26. The first kappa shape index (κ1) is 18.1. The van der Waals surface area contributed by atoms with Gasteiger partial charge in [-0.3, -0.25) is 0 Å². The van der Waals surface area contributed by atoms with E-state index < -0.39 is 18.0 Å². The zero-order chi connectivity index (χ0) is 18.8. The van der Waals surface area contributed by atoms with Crippen molar-refractivity contribution in [3.63, 3.8) is 0 Å². The number of aromatic nitrogens is 2. The summed E-state index contributed by atoms with van der Waals surface area (Å²) in [5.41, 5.74) is 0.388. The molecule has 140 valence electrons. The average molecular weight is 371 g/mol. The molecule has 0 spiro atoms. The van der Waals surface area contributed by atoms with Crippen LogP contribution in [-0.2, 0) is 11.2 Å². The molecule has 7 nitrogen and oxygen atoms in total. The highest BCUT2D eigenvalue weighted by Crippen LogP contribution is 2.27. The average Bonchev–Trinajstić information content (AvgIpc) is 3.16. The highest BCUT2D eigenvalue weighted by molar-refractivity contribution is 5.66. The van der Waals surface area contributed by atoms with Crippen molar-refractivity contribution in [3.8, 4) is 17.0 Å². The molecule has 1 aliphatic heterocycles. The Kier molecular flexibility index (Phi) is 4.77. The van der Waals surface area contributed by atoms with Gasteiger partial charge in [-0.15, -0.1) is 13.2 Å². The van der Waals surface area contributed by atoms with Crippen molar-refractivity contribution in [1.82, 2.24) is 15.3 Å². The largest absolute Gasteiger partial charge is 0.573 e. The molecule has 1 aliphatic rings. The molecule has 10 heteroatoms. The predicted molar refractivity (Wildman–Crippen MR) is 83.7 cm³/mol. The normalized spacial score (nSPS) is 20.1. The van der Waals surface area contributed by atoms with Crippen molar-refractivity contribution < 1.29 is 32.5 Å². The summed E-state index contributed by atoms with van der Waals surface area (Å²) in [4.78, 5) is 18.4. The zero-order valence-electron chi connectivity index (χ0n) is 13.5. The molecule has 1 saturated heterocycles. The molecular formula is C16H16F3N3O4. The molecule has 0 saturated carbocycles. The van der Waals surface area contributed by atoms with E-state index in [9.17, 15) is 18.0 Å². The van der Waals surface area contributed by atoms with Crippen molar-refractivity contribution in [1.29, 1.82) is 0 Å². The number of H-pyrrole nitrogens is 1. The Labute approximate surface area is 146 Å². The first-order valence-corrected chi connectivity index (χ1v) is 7.74. The van der Waals surface area contributed by atoms with Gasteiger partial charge in [0.2, 0.25) is 0 Å². The summed E-state index contributed by atoms with van der Waals surface area (Å²) in [6.45, 7) is 0.702. The molecule has 3 N–H and O–H groups in total. The van der Waals surface area contributed by atoms with E-state index in [4.69, 9.17) is 9.84 Å². The second kappa shape index (κ2) is 6.87. The van der Waals surface area contributed by atoms with Gasteiger partial charge in [0.15, 0.2) is 0 Å². The number of hydrogen-bond acceptors (Lipinski definition) is 4. The molecule has 1 atom stereocenters. The van der Waals surface area contributed by atoms with Crippen LogP contribution in [-0.4, -0.2) is 46.3 Å². The maximum absolute atomic E-state index is 12.2. The number of carbonyl (C=O) groups is 1. The van der Waals surface area contributed by atoms with Gasteiger partial charge in [0.1, 0.15) is 11.6 Å². The van der Waals surface area contributed by atoms with Crippen LogP contribution in [0.5, 0.6) is 5.75 Å². The number of ether oxygens (including phenoxy) is 2. The quantitative estimate of drug-likeness (QED) is 0.751. The highest BCUT2D eigenvalue weighted by atomic mass is 19.4. The van der Waals surface area contributed by atoms with Gasteiger partial charge in [0.05, 0.1) is 17.8 Å². The standard InChI is InChI=1S/C16H16F3N3O4/c17-16(18,19)26-11-3-1-10(2-4-11)12-8-20-13(21-12)7-15(22-14(23)24)5-6-25-9-15/h1-4,8,22H,5-7,9H2,(H,20,21)(H,23,24). The van der Waals surface area contributed by atoms with Crippen molar-refractivity contribution >= 4 is 6.09 Å². The molecular weight excluding hydrogens is 355 g/mol. The summed E-state index contributed by atoms with van der Waals surface area (Å²) in [5.74, 6) is 0.236. The molecule has 1 aromatic heterocycles. The van der Waals surface area contributed by atoms with E-state index >= 15 is 0 Å². The number of nitrogens with zero attached hydrogens (tertiary/aromatic N) is 1. The molecule has 1 aromatic carbocycles. The Bertz CT molecular complexity index is 768.